The van der Waals surface area contributed by atoms with Crippen molar-refractivity contribution in [3.05, 3.63) is 63.6 Å². The minimum atomic E-state index is -0.303. The first-order valence-electron chi connectivity index (χ1n) is 14.9. The summed E-state index contributed by atoms with van der Waals surface area (Å²) in [5.41, 5.74) is 2.07. The smallest absolute Gasteiger partial charge is 0.308 e. The van der Waals surface area contributed by atoms with Crippen molar-refractivity contribution >= 4 is 35.1 Å². The lowest BCUT2D eigenvalue weighted by Crippen LogP contribution is -2.57. The molecule has 5 nitrogen and oxygen atoms in total. The van der Waals surface area contributed by atoms with Crippen LogP contribution in [0, 0.1) is 17.8 Å². The van der Waals surface area contributed by atoms with Crippen LogP contribution in [0.1, 0.15) is 70.4 Å². The summed E-state index contributed by atoms with van der Waals surface area (Å²) in [6, 6.07) is 13.8. The maximum absolute atomic E-state index is 13.9. The second-order valence-electron chi connectivity index (χ2n) is 12.7. The van der Waals surface area contributed by atoms with Crippen LogP contribution < -0.4 is 4.74 Å². The Bertz CT molecular complexity index is 1230. The summed E-state index contributed by atoms with van der Waals surface area (Å²) in [6.45, 7) is 9.92. The second kappa shape index (κ2) is 12.4. The molecule has 2 saturated carbocycles. The van der Waals surface area contributed by atoms with E-state index in [1.807, 2.05) is 24.3 Å². The third-order valence-corrected chi connectivity index (χ3v) is 9.87. The summed E-state index contributed by atoms with van der Waals surface area (Å²) in [6.07, 6.45) is 7.12. The third kappa shape index (κ3) is 6.86. The number of nitrogens with zero attached hydrogens (tertiary/aromatic N) is 2. The molecule has 0 aromatic heterocycles. The van der Waals surface area contributed by atoms with Gasteiger partial charge in [-0.05, 0) is 98.2 Å². The van der Waals surface area contributed by atoms with Gasteiger partial charge < -0.3 is 14.5 Å². The topological polar surface area (TPSA) is 49.9 Å². The van der Waals surface area contributed by atoms with Crippen LogP contribution in [0.15, 0.2) is 42.5 Å². The van der Waals surface area contributed by atoms with Gasteiger partial charge >= 0.3 is 5.97 Å². The second-order valence-corrected chi connectivity index (χ2v) is 13.5. The molecule has 3 fully saturated rings. The fourth-order valence-corrected chi connectivity index (χ4v) is 7.42. The van der Waals surface area contributed by atoms with Gasteiger partial charge in [0.1, 0.15) is 5.75 Å². The van der Waals surface area contributed by atoms with Crippen LogP contribution in [0.3, 0.4) is 0 Å². The van der Waals surface area contributed by atoms with Crippen molar-refractivity contribution in [3.8, 4) is 5.75 Å². The number of carbonyl (C=O) groups excluding carboxylic acids is 2. The van der Waals surface area contributed by atoms with E-state index in [9.17, 15) is 9.59 Å². The first-order chi connectivity index (χ1) is 19.1. The quantitative estimate of drug-likeness (QED) is 0.231. The molecular weight excluding hydrogens is 543 g/mol. The Labute approximate surface area is 249 Å². The third-order valence-electron chi connectivity index (χ3n) is 9.13. The number of halogens is 2. The maximum atomic E-state index is 13.9. The van der Waals surface area contributed by atoms with Gasteiger partial charge in [-0.1, -0.05) is 55.2 Å². The van der Waals surface area contributed by atoms with Crippen molar-refractivity contribution in [2.24, 2.45) is 17.8 Å². The lowest BCUT2D eigenvalue weighted by atomic mass is 9.57. The van der Waals surface area contributed by atoms with Crippen LogP contribution in [-0.4, -0.2) is 53.9 Å². The van der Waals surface area contributed by atoms with Gasteiger partial charge in [0.05, 0.1) is 16.5 Å². The van der Waals surface area contributed by atoms with Gasteiger partial charge in [0.15, 0.2) is 0 Å². The lowest BCUT2D eigenvalue weighted by molar-refractivity contribution is -0.136. The predicted octanol–water partition coefficient (Wildman–Crippen LogP) is 7.17. The summed E-state index contributed by atoms with van der Waals surface area (Å²) in [5, 5.41) is 0.980. The Balaban J connectivity index is 1.43. The number of ether oxygens (including phenoxy) is 1. The van der Waals surface area contributed by atoms with Gasteiger partial charge in [-0.3, -0.25) is 9.59 Å². The zero-order chi connectivity index (χ0) is 28.4. The number of carbonyl (C=O) groups is 2. The van der Waals surface area contributed by atoms with Crippen molar-refractivity contribution in [2.75, 3.05) is 26.2 Å². The molecule has 3 unspecified atom stereocenters. The summed E-state index contributed by atoms with van der Waals surface area (Å²) < 4.78 is 5.52. The van der Waals surface area contributed by atoms with Gasteiger partial charge in [-0.15, -0.1) is 0 Å². The molecule has 7 heteroatoms. The monoisotopic (exact) mass is 584 g/mol. The Morgan fingerprint density at radius 3 is 2.58 bits per heavy atom. The number of hydrogen-bond acceptors (Lipinski definition) is 4. The summed E-state index contributed by atoms with van der Waals surface area (Å²) in [7, 11) is 0. The van der Waals surface area contributed by atoms with E-state index in [0.717, 1.165) is 56.8 Å². The molecule has 2 aromatic rings. The summed E-state index contributed by atoms with van der Waals surface area (Å²) in [5.74, 6) is 2.19. The first kappa shape index (κ1) is 29.4. The highest BCUT2D eigenvalue weighted by Gasteiger charge is 2.50. The van der Waals surface area contributed by atoms with Gasteiger partial charge in [0, 0.05) is 38.0 Å². The van der Waals surface area contributed by atoms with Crippen LogP contribution in [0.5, 0.6) is 5.75 Å². The van der Waals surface area contributed by atoms with E-state index in [4.69, 9.17) is 27.9 Å². The number of hydrogen-bond donors (Lipinski definition) is 0. The Morgan fingerprint density at radius 1 is 1.07 bits per heavy atom. The van der Waals surface area contributed by atoms with E-state index in [1.54, 1.807) is 6.07 Å². The Hall–Kier alpha value is -2.08. The van der Waals surface area contributed by atoms with Crippen molar-refractivity contribution < 1.29 is 14.3 Å². The number of benzene rings is 2. The molecule has 1 saturated heterocycles. The average molecular weight is 586 g/mol. The van der Waals surface area contributed by atoms with E-state index in [2.05, 4.69) is 35.8 Å². The highest BCUT2D eigenvalue weighted by molar-refractivity contribution is 6.42. The Morgan fingerprint density at radius 2 is 1.88 bits per heavy atom. The minimum Gasteiger partial charge on any atom is -0.427 e. The standard InChI is InChI=1S/C33H42Cl2N2O3/c1-22(2)19-37(32(39)16-25-9-12-30(34)31(35)15-25)28-11-10-27-21-36(20-24-7-8-24)14-13-33(27,18-28)26-5-4-6-29(17-26)40-23(3)38/h4-6,9,12,15,17,22,24,27-28H,7-8,10-11,13-14,16,18-21H2,1-3H3. The summed E-state index contributed by atoms with van der Waals surface area (Å²) in [4.78, 5) is 30.5. The molecule has 2 aliphatic carbocycles. The van der Waals surface area contributed by atoms with Crippen LogP contribution in [0.4, 0.5) is 0 Å². The van der Waals surface area contributed by atoms with Gasteiger partial charge in [-0.25, -0.2) is 0 Å². The molecule has 2 aromatic carbocycles. The largest absolute Gasteiger partial charge is 0.427 e. The van der Waals surface area contributed by atoms with E-state index < -0.39 is 0 Å². The molecule has 0 N–H and O–H groups in total. The van der Waals surface area contributed by atoms with Crippen LogP contribution >= 0.6 is 23.2 Å². The zero-order valence-electron chi connectivity index (χ0n) is 24.0. The first-order valence-corrected chi connectivity index (χ1v) is 15.6. The Kier molecular flexibility index (Phi) is 9.14. The molecule has 0 bridgehead atoms. The van der Waals surface area contributed by atoms with E-state index >= 15 is 0 Å². The number of piperidine rings is 1. The van der Waals surface area contributed by atoms with E-state index in [1.165, 1.54) is 31.9 Å². The molecule has 216 valence electrons. The van der Waals surface area contributed by atoms with Gasteiger partial charge in [0.25, 0.3) is 0 Å². The molecule has 0 radical (unpaired) electrons. The van der Waals surface area contributed by atoms with Crippen molar-refractivity contribution in [3.63, 3.8) is 0 Å². The minimum absolute atomic E-state index is 0.0573. The predicted molar refractivity (Wildman–Crippen MR) is 161 cm³/mol. The maximum Gasteiger partial charge on any atom is 0.308 e. The highest BCUT2D eigenvalue weighted by atomic mass is 35.5. The number of esters is 1. The van der Waals surface area contributed by atoms with E-state index in [-0.39, 0.29) is 23.3 Å². The molecule has 3 atom stereocenters. The molecular formula is C33H42Cl2N2O3. The molecule has 0 spiro atoms. The van der Waals surface area contributed by atoms with Crippen LogP contribution in [-0.2, 0) is 21.4 Å². The fourth-order valence-electron chi connectivity index (χ4n) is 7.10. The fraction of sp³-hybridized carbons (Fsp3) is 0.576. The molecule has 40 heavy (non-hydrogen) atoms. The molecule has 5 rings (SSSR count). The van der Waals surface area contributed by atoms with Gasteiger partial charge in [-0.2, -0.15) is 0 Å². The normalized spacial score (nSPS) is 24.9. The summed E-state index contributed by atoms with van der Waals surface area (Å²) >= 11 is 12.4. The molecule has 1 aliphatic heterocycles. The molecule has 1 heterocycles. The van der Waals surface area contributed by atoms with Crippen LogP contribution in [0.25, 0.3) is 0 Å². The average Bonchev–Trinajstić information content (AvgIpc) is 3.73. The van der Waals surface area contributed by atoms with Crippen LogP contribution in [0.2, 0.25) is 10.0 Å². The van der Waals surface area contributed by atoms with Crippen molar-refractivity contribution in [2.45, 2.75) is 77.2 Å². The lowest BCUT2D eigenvalue weighted by Gasteiger charge is -2.55. The van der Waals surface area contributed by atoms with Gasteiger partial charge in [0.2, 0.25) is 5.91 Å². The molecule has 3 aliphatic rings. The number of fused-ring (bicyclic) bond motifs is 1. The van der Waals surface area contributed by atoms with E-state index in [0.29, 0.717) is 34.1 Å². The number of likely N-dealkylation sites (tertiary alicyclic amines) is 1. The SMILES string of the molecule is CC(=O)Oc1cccc(C23CCN(CC4CC4)CC2CCC(N(CC(C)C)C(=O)Cc2ccc(Cl)c(Cl)c2)C3)c1. The number of amides is 1. The zero-order valence-corrected chi connectivity index (χ0v) is 25.5. The highest BCUT2D eigenvalue weighted by Crippen LogP contribution is 2.51. The molecule has 1 amide bonds. The number of rotatable bonds is 9. The van der Waals surface area contributed by atoms with Crippen molar-refractivity contribution in [1.82, 2.24) is 9.80 Å². The van der Waals surface area contributed by atoms with Crippen molar-refractivity contribution in [1.29, 1.82) is 0 Å².